The smallest absolute Gasteiger partial charge is 0.274 e. The van der Waals surface area contributed by atoms with Gasteiger partial charge in [-0.05, 0) is 36.2 Å². The molecule has 0 amide bonds. The summed E-state index contributed by atoms with van der Waals surface area (Å²) in [5, 5.41) is 3.02. The molecule has 2 rings (SSSR count). The van der Waals surface area contributed by atoms with E-state index in [0.29, 0.717) is 12.2 Å². The number of halogens is 1. The second kappa shape index (κ2) is 7.61. The average Bonchev–Trinajstić information content (AvgIpc) is 2.52. The number of aryl methyl sites for hydroxylation is 1. The molecule has 0 unspecified atom stereocenters. The fourth-order valence-corrected chi connectivity index (χ4v) is 2.09. The van der Waals surface area contributed by atoms with E-state index in [0.717, 1.165) is 16.9 Å². The predicted molar refractivity (Wildman–Crippen MR) is 86.4 cm³/mol. The second-order valence-electron chi connectivity index (χ2n) is 4.66. The second-order valence-corrected chi connectivity index (χ2v) is 5.00. The summed E-state index contributed by atoms with van der Waals surface area (Å²) in [5.74, 6) is 0.753. The number of ether oxygens (including phenoxy) is 1. The fraction of sp³-hybridized carbons (Fsp3) is 0.176. The molecule has 0 saturated carbocycles. The maximum absolute atomic E-state index is 11.5. The third-order valence-corrected chi connectivity index (χ3v) is 3.24. The van der Waals surface area contributed by atoms with Crippen LogP contribution >= 0.6 is 11.6 Å². The summed E-state index contributed by atoms with van der Waals surface area (Å²) in [6.45, 7) is 2.31. The minimum Gasteiger partial charge on any atom is -0.489 e. The van der Waals surface area contributed by atoms with E-state index in [4.69, 9.17) is 21.2 Å². The van der Waals surface area contributed by atoms with Gasteiger partial charge in [-0.15, -0.1) is 0 Å². The summed E-state index contributed by atoms with van der Waals surface area (Å²) in [4.78, 5) is 16.2. The Hall–Kier alpha value is -2.33. The zero-order valence-electron chi connectivity index (χ0n) is 12.4. The Balaban J connectivity index is 2.23. The lowest BCUT2D eigenvalue weighted by Gasteiger charge is -2.11. The first-order valence-electron chi connectivity index (χ1n) is 6.70. The van der Waals surface area contributed by atoms with Crippen LogP contribution in [-0.2, 0) is 16.2 Å². The van der Waals surface area contributed by atoms with E-state index in [-0.39, 0.29) is 5.71 Å². The van der Waals surface area contributed by atoms with Gasteiger partial charge in [0.15, 0.2) is 5.71 Å². The van der Waals surface area contributed by atoms with E-state index >= 15 is 0 Å². The molecule has 2 aromatic carbocycles. The third-order valence-electron chi connectivity index (χ3n) is 3.06. The van der Waals surface area contributed by atoms with Gasteiger partial charge in [0.1, 0.15) is 19.5 Å². The van der Waals surface area contributed by atoms with Gasteiger partial charge < -0.3 is 9.57 Å². The maximum atomic E-state index is 11.5. The Morgan fingerprint density at radius 3 is 2.45 bits per heavy atom. The van der Waals surface area contributed by atoms with Gasteiger partial charge in [-0.3, -0.25) is 4.79 Å². The van der Waals surface area contributed by atoms with Crippen molar-refractivity contribution in [3.05, 3.63) is 65.2 Å². The summed E-state index contributed by atoms with van der Waals surface area (Å²) >= 11 is 5.57. The molecule has 2 aromatic rings. The molecule has 0 spiro atoms. The summed E-state index contributed by atoms with van der Waals surface area (Å²) in [6.07, 6.45) is 0. The van der Waals surface area contributed by atoms with Crippen molar-refractivity contribution >= 4 is 22.6 Å². The van der Waals surface area contributed by atoms with Crippen LogP contribution in [0.25, 0.3) is 0 Å². The molecular weight excluding hydrogens is 302 g/mol. The van der Waals surface area contributed by atoms with Crippen LogP contribution in [-0.4, -0.2) is 18.1 Å². The van der Waals surface area contributed by atoms with E-state index in [2.05, 4.69) is 5.16 Å². The van der Waals surface area contributed by atoms with Crippen molar-refractivity contribution in [2.75, 3.05) is 7.11 Å². The van der Waals surface area contributed by atoms with Crippen molar-refractivity contribution in [3.8, 4) is 5.75 Å². The molecule has 114 valence electrons. The summed E-state index contributed by atoms with van der Waals surface area (Å²) in [7, 11) is 1.37. The van der Waals surface area contributed by atoms with Crippen LogP contribution in [0.3, 0.4) is 0 Å². The first-order valence-corrected chi connectivity index (χ1v) is 7.08. The number of hydrogen-bond acceptors (Lipinski definition) is 4. The van der Waals surface area contributed by atoms with Crippen molar-refractivity contribution in [1.29, 1.82) is 0 Å². The summed E-state index contributed by atoms with van der Waals surface area (Å²) in [5.41, 5.74) is 2.62. The number of nitrogens with zero attached hydrogens (tertiary/aromatic N) is 1. The number of rotatable bonds is 6. The van der Waals surface area contributed by atoms with Gasteiger partial charge in [0.05, 0.1) is 0 Å². The summed E-state index contributed by atoms with van der Waals surface area (Å²) in [6, 6.07) is 15.0. The third kappa shape index (κ3) is 4.09. The zero-order chi connectivity index (χ0) is 15.9. The van der Waals surface area contributed by atoms with Crippen LogP contribution in [0.1, 0.15) is 16.7 Å². The normalized spacial score (nSPS) is 11.1. The Bertz CT molecular complexity index is 681. The van der Waals surface area contributed by atoms with Gasteiger partial charge in [0.25, 0.3) is 5.24 Å². The molecule has 22 heavy (non-hydrogen) atoms. The molecule has 5 heteroatoms. The first kappa shape index (κ1) is 16.0. The van der Waals surface area contributed by atoms with Crippen LogP contribution in [0.5, 0.6) is 5.75 Å². The molecule has 0 aliphatic rings. The lowest BCUT2D eigenvalue weighted by molar-refractivity contribution is -0.106. The Labute approximate surface area is 134 Å². The molecule has 0 heterocycles. The molecular formula is C17H16ClNO3. The van der Waals surface area contributed by atoms with Crippen molar-refractivity contribution in [2.24, 2.45) is 5.16 Å². The van der Waals surface area contributed by atoms with E-state index in [1.54, 1.807) is 12.1 Å². The van der Waals surface area contributed by atoms with Gasteiger partial charge in [0, 0.05) is 5.56 Å². The molecule has 0 fully saturated rings. The Morgan fingerprint density at radius 1 is 1.14 bits per heavy atom. The molecule has 0 bridgehead atoms. The minimum atomic E-state index is -0.676. The van der Waals surface area contributed by atoms with Crippen molar-refractivity contribution < 1.29 is 14.4 Å². The van der Waals surface area contributed by atoms with Crippen molar-refractivity contribution in [1.82, 2.24) is 0 Å². The van der Waals surface area contributed by atoms with Crippen LogP contribution in [0.4, 0.5) is 0 Å². The largest absolute Gasteiger partial charge is 0.489 e. The van der Waals surface area contributed by atoms with Crippen LogP contribution in [0.15, 0.2) is 53.7 Å². The molecule has 0 atom stereocenters. The highest BCUT2D eigenvalue weighted by Crippen LogP contribution is 2.17. The maximum Gasteiger partial charge on any atom is 0.274 e. The monoisotopic (exact) mass is 317 g/mol. The SMILES string of the molecule is CON=C(C(=O)Cl)c1ccccc1COc1ccc(C)cc1. The van der Waals surface area contributed by atoms with Crippen LogP contribution < -0.4 is 4.74 Å². The van der Waals surface area contributed by atoms with Gasteiger partial charge in [-0.1, -0.05) is 47.1 Å². The molecule has 0 aromatic heterocycles. The lowest BCUT2D eigenvalue weighted by Crippen LogP contribution is -2.14. The van der Waals surface area contributed by atoms with E-state index < -0.39 is 5.24 Å². The number of carbonyl (C=O) groups is 1. The predicted octanol–water partition coefficient (Wildman–Crippen LogP) is 3.69. The van der Waals surface area contributed by atoms with Crippen molar-refractivity contribution in [3.63, 3.8) is 0 Å². The highest BCUT2D eigenvalue weighted by molar-refractivity contribution is 6.84. The van der Waals surface area contributed by atoms with Gasteiger partial charge >= 0.3 is 0 Å². The number of hydrogen-bond donors (Lipinski definition) is 0. The van der Waals surface area contributed by atoms with Crippen molar-refractivity contribution in [2.45, 2.75) is 13.5 Å². The highest BCUT2D eigenvalue weighted by Gasteiger charge is 2.16. The number of benzene rings is 2. The summed E-state index contributed by atoms with van der Waals surface area (Å²) < 4.78 is 5.75. The molecule has 0 aliphatic heterocycles. The van der Waals surface area contributed by atoms with E-state index in [1.165, 1.54) is 7.11 Å². The minimum absolute atomic E-state index is 0.0623. The van der Waals surface area contributed by atoms with Crippen LogP contribution in [0.2, 0.25) is 0 Å². The lowest BCUT2D eigenvalue weighted by atomic mass is 10.0. The van der Waals surface area contributed by atoms with Gasteiger partial charge in [-0.2, -0.15) is 0 Å². The topological polar surface area (TPSA) is 47.9 Å². The molecule has 0 radical (unpaired) electrons. The standard InChI is InChI=1S/C17H16ClNO3/c1-12-7-9-14(10-8-12)22-11-13-5-3-4-6-15(13)16(17(18)20)19-21-2/h3-10H,11H2,1-2H3. The Kier molecular flexibility index (Phi) is 5.55. The molecule has 0 saturated heterocycles. The molecule has 0 aliphatic carbocycles. The highest BCUT2D eigenvalue weighted by atomic mass is 35.5. The quantitative estimate of drug-likeness (QED) is 0.464. The molecule has 4 nitrogen and oxygen atoms in total. The average molecular weight is 318 g/mol. The fourth-order valence-electron chi connectivity index (χ4n) is 1.95. The van der Waals surface area contributed by atoms with E-state index in [1.807, 2.05) is 43.3 Å². The van der Waals surface area contributed by atoms with Crippen LogP contribution in [0, 0.1) is 6.92 Å². The number of oxime groups is 1. The number of carbonyl (C=O) groups excluding carboxylic acids is 1. The first-order chi connectivity index (χ1) is 10.6. The van der Waals surface area contributed by atoms with Gasteiger partial charge in [-0.25, -0.2) is 0 Å². The zero-order valence-corrected chi connectivity index (χ0v) is 13.1. The van der Waals surface area contributed by atoms with E-state index in [9.17, 15) is 4.79 Å². The molecule has 0 N–H and O–H groups in total. The Morgan fingerprint density at radius 2 is 1.82 bits per heavy atom. The van der Waals surface area contributed by atoms with Gasteiger partial charge in [0.2, 0.25) is 0 Å².